The zero-order valence-electron chi connectivity index (χ0n) is 39.8. The van der Waals surface area contributed by atoms with Crippen LogP contribution in [0.25, 0.3) is 34.4 Å². The number of anilines is 2. The Morgan fingerprint density at radius 2 is 0.750 bits per heavy atom. The molecule has 0 aliphatic heterocycles. The van der Waals surface area contributed by atoms with E-state index in [1.165, 1.54) is 11.4 Å². The van der Waals surface area contributed by atoms with Crippen molar-refractivity contribution in [3.8, 4) is 34.4 Å². The van der Waals surface area contributed by atoms with Crippen LogP contribution in [0.15, 0.2) is 182 Å². The summed E-state index contributed by atoms with van der Waals surface area (Å²) in [5.41, 5.74) is 19.2. The Morgan fingerprint density at radius 3 is 1.16 bits per heavy atom. The van der Waals surface area contributed by atoms with Gasteiger partial charge >= 0.3 is 0 Å². The van der Waals surface area contributed by atoms with Crippen LogP contribution in [0.5, 0.6) is 0 Å². The molecule has 0 bridgehead atoms. The third-order valence-electron chi connectivity index (χ3n) is 10.9. The van der Waals surface area contributed by atoms with E-state index in [9.17, 15) is 10.2 Å². The summed E-state index contributed by atoms with van der Waals surface area (Å²) in [6.45, 7) is 15.3. The SMILES string of the molecule is CC(C)(O)c1cc(N)nn1-c1ccccc1.Cc1ccc(C)n1-c1cc(C(C)(C)O)n(-c2ccccc2)n1.Cc1ccc(C)n1-c1ccn(-c2ccccc2)n1.Nc1ccn(-c2ccccc2)n1. The topological polar surface area (TPSA) is 174 Å². The molecular formula is C54H60N12O2. The highest BCUT2D eigenvalue weighted by Crippen LogP contribution is 2.28. The lowest BCUT2D eigenvalue weighted by Gasteiger charge is -2.18. The fraction of sp³-hybridized carbons (Fsp3) is 0.185. The van der Waals surface area contributed by atoms with Crippen molar-refractivity contribution in [1.82, 2.24) is 48.3 Å². The van der Waals surface area contributed by atoms with E-state index >= 15 is 0 Å². The molecule has 0 spiro atoms. The summed E-state index contributed by atoms with van der Waals surface area (Å²) in [5.74, 6) is 2.72. The monoisotopic (exact) mass is 908 g/mol. The summed E-state index contributed by atoms with van der Waals surface area (Å²) < 4.78 is 11.4. The Labute approximate surface area is 397 Å². The maximum atomic E-state index is 10.5. The number of nitrogens with two attached hydrogens (primary N) is 2. The molecule has 14 nitrogen and oxygen atoms in total. The van der Waals surface area contributed by atoms with Crippen molar-refractivity contribution in [3.05, 3.63) is 216 Å². The van der Waals surface area contributed by atoms with Gasteiger partial charge in [0.1, 0.15) is 22.8 Å². The average molecular weight is 909 g/mol. The van der Waals surface area contributed by atoms with E-state index in [4.69, 9.17) is 16.6 Å². The number of nitrogens with zero attached hydrogens (tertiary/aromatic N) is 10. The molecule has 6 aromatic heterocycles. The minimum Gasteiger partial charge on any atom is -0.384 e. The van der Waals surface area contributed by atoms with Gasteiger partial charge in [-0.15, -0.1) is 10.2 Å². The Morgan fingerprint density at radius 1 is 0.382 bits per heavy atom. The van der Waals surface area contributed by atoms with Gasteiger partial charge in [-0.3, -0.25) is 0 Å². The molecule has 348 valence electrons. The van der Waals surface area contributed by atoms with Gasteiger partial charge in [-0.2, -0.15) is 10.2 Å². The highest BCUT2D eigenvalue weighted by Gasteiger charge is 2.25. The Kier molecular flexibility index (Phi) is 14.4. The van der Waals surface area contributed by atoms with Crippen molar-refractivity contribution in [2.75, 3.05) is 11.5 Å². The number of rotatable bonds is 8. The van der Waals surface area contributed by atoms with Gasteiger partial charge in [-0.25, -0.2) is 18.7 Å². The molecule has 10 aromatic rings. The van der Waals surface area contributed by atoms with Crippen LogP contribution in [0.4, 0.5) is 11.6 Å². The van der Waals surface area contributed by atoms with Crippen molar-refractivity contribution >= 4 is 11.6 Å². The average Bonchev–Trinajstić information content (AvgIpc) is 4.21. The molecule has 0 saturated carbocycles. The molecule has 6 N–H and O–H groups in total. The van der Waals surface area contributed by atoms with E-state index in [0.29, 0.717) is 17.3 Å². The summed E-state index contributed by atoms with van der Waals surface area (Å²) in [7, 11) is 0. The maximum Gasteiger partial charge on any atom is 0.159 e. The minimum atomic E-state index is -0.976. The number of aliphatic hydroxyl groups is 2. The lowest BCUT2D eigenvalue weighted by molar-refractivity contribution is 0.0706. The number of nitrogen functional groups attached to an aromatic ring is 2. The number of hydrogen-bond donors (Lipinski definition) is 4. The Bertz CT molecular complexity index is 3100. The molecule has 0 aliphatic rings. The van der Waals surface area contributed by atoms with Gasteiger partial charge in [0, 0.05) is 59.4 Å². The third-order valence-corrected chi connectivity index (χ3v) is 10.9. The maximum absolute atomic E-state index is 10.5. The molecule has 0 amide bonds. The second kappa shape index (κ2) is 20.5. The molecule has 6 heterocycles. The van der Waals surface area contributed by atoms with Crippen LogP contribution in [-0.4, -0.2) is 58.5 Å². The van der Waals surface area contributed by atoms with E-state index in [1.54, 1.807) is 49.2 Å². The second-order valence-corrected chi connectivity index (χ2v) is 17.3. The van der Waals surface area contributed by atoms with Crippen molar-refractivity contribution in [3.63, 3.8) is 0 Å². The van der Waals surface area contributed by atoms with Crippen LogP contribution in [0, 0.1) is 27.7 Å². The summed E-state index contributed by atoms with van der Waals surface area (Å²) in [6.07, 6.45) is 3.83. The predicted octanol–water partition coefficient (Wildman–Crippen LogP) is 9.92. The van der Waals surface area contributed by atoms with E-state index in [0.717, 1.165) is 51.5 Å². The van der Waals surface area contributed by atoms with E-state index < -0.39 is 11.2 Å². The number of aryl methyl sites for hydroxylation is 4. The molecular weight excluding hydrogens is 849 g/mol. The first-order chi connectivity index (χ1) is 32.5. The molecule has 10 rings (SSSR count). The number of benzene rings is 4. The molecule has 4 aromatic carbocycles. The van der Waals surface area contributed by atoms with E-state index in [1.807, 2.05) is 155 Å². The van der Waals surface area contributed by atoms with Crippen molar-refractivity contribution in [1.29, 1.82) is 0 Å². The van der Waals surface area contributed by atoms with Crippen LogP contribution in [0.3, 0.4) is 0 Å². The van der Waals surface area contributed by atoms with Crippen LogP contribution in [0.2, 0.25) is 0 Å². The highest BCUT2D eigenvalue weighted by atomic mass is 16.3. The smallest absolute Gasteiger partial charge is 0.159 e. The predicted molar refractivity (Wildman–Crippen MR) is 271 cm³/mol. The molecule has 0 aliphatic carbocycles. The summed E-state index contributed by atoms with van der Waals surface area (Å²) in [6, 6.07) is 55.3. The number of hydrogen-bond acceptors (Lipinski definition) is 8. The molecule has 0 saturated heterocycles. The number of para-hydroxylation sites is 4. The largest absolute Gasteiger partial charge is 0.384 e. The first kappa shape index (κ1) is 47.8. The Balaban J connectivity index is 0.000000137. The summed E-state index contributed by atoms with van der Waals surface area (Å²) >= 11 is 0. The van der Waals surface area contributed by atoms with Gasteiger partial charge < -0.3 is 30.8 Å². The first-order valence-corrected chi connectivity index (χ1v) is 22.3. The Hall–Kier alpha value is -8.20. The molecule has 68 heavy (non-hydrogen) atoms. The van der Waals surface area contributed by atoms with Gasteiger partial charge in [-0.05, 0) is 128 Å². The van der Waals surface area contributed by atoms with Crippen LogP contribution < -0.4 is 11.5 Å². The van der Waals surface area contributed by atoms with E-state index in [-0.39, 0.29) is 0 Å². The lowest BCUT2D eigenvalue weighted by Crippen LogP contribution is -2.20. The minimum absolute atomic E-state index is 0.404. The van der Waals surface area contributed by atoms with Crippen LogP contribution in [-0.2, 0) is 11.2 Å². The molecule has 14 heteroatoms. The molecule has 0 radical (unpaired) electrons. The van der Waals surface area contributed by atoms with Gasteiger partial charge in [0.2, 0.25) is 0 Å². The fourth-order valence-electron chi connectivity index (χ4n) is 7.56. The standard InChI is InChI=1S/C18H21N3O.C15H15N3.C12H15N3O.C9H9N3/c1-13-10-11-14(2)20(13)17-12-16(18(3,4)22)21(19-17)15-8-6-5-7-9-15;1-12-8-9-13(2)18(12)15-10-11-17(16-15)14-6-4-3-5-7-14;1-12(2,16)10-8-11(13)14-15(10)9-6-4-3-5-7-9;10-9-6-7-12(11-9)8-4-2-1-3-5-8/h5-12,22H,1-4H3;3-11H,1-2H3;3-8,16H,1-2H3,(H2,13,14);1-7H,(H2,10,11). The molecule has 0 unspecified atom stereocenters. The highest BCUT2D eigenvalue weighted by molar-refractivity contribution is 5.43. The van der Waals surface area contributed by atoms with Crippen molar-refractivity contribution < 1.29 is 10.2 Å². The third kappa shape index (κ3) is 11.4. The molecule has 0 fully saturated rings. The summed E-state index contributed by atoms with van der Waals surface area (Å²) in [4.78, 5) is 0. The molecule has 0 atom stereocenters. The fourth-order valence-corrected chi connectivity index (χ4v) is 7.56. The van der Waals surface area contributed by atoms with Crippen LogP contribution in [0.1, 0.15) is 61.9 Å². The van der Waals surface area contributed by atoms with Gasteiger partial charge in [-0.1, -0.05) is 72.8 Å². The first-order valence-electron chi connectivity index (χ1n) is 22.3. The van der Waals surface area contributed by atoms with Gasteiger partial charge in [0.25, 0.3) is 0 Å². The quantitative estimate of drug-likeness (QED) is 0.117. The number of aromatic nitrogens is 10. The van der Waals surface area contributed by atoms with Gasteiger partial charge in [0.15, 0.2) is 11.6 Å². The van der Waals surface area contributed by atoms with Crippen LogP contribution >= 0.6 is 0 Å². The zero-order valence-corrected chi connectivity index (χ0v) is 39.8. The lowest BCUT2D eigenvalue weighted by atomic mass is 10.1. The van der Waals surface area contributed by atoms with Gasteiger partial charge in [0.05, 0.1) is 34.1 Å². The zero-order chi connectivity index (χ0) is 48.6. The normalized spacial score (nSPS) is 11.2. The van der Waals surface area contributed by atoms with Crippen molar-refractivity contribution in [2.45, 2.75) is 66.6 Å². The summed E-state index contributed by atoms with van der Waals surface area (Å²) in [5, 5.41) is 38.2. The second-order valence-electron chi connectivity index (χ2n) is 17.3. The van der Waals surface area contributed by atoms with Crippen molar-refractivity contribution in [2.24, 2.45) is 0 Å². The van der Waals surface area contributed by atoms with E-state index in [2.05, 4.69) is 76.4 Å².